The van der Waals surface area contributed by atoms with Gasteiger partial charge in [-0.05, 0) is 54.4 Å². The number of benzene rings is 3. The maximum atomic E-state index is 13.2. The van der Waals surface area contributed by atoms with Gasteiger partial charge in [0.2, 0.25) is 0 Å². The SMILES string of the molecule is Cc1ccccc1NC(=O)NCc1nnc(SCc2ccc(F)cc2)n1-c1ccc(Cl)cc1Cl. The Balaban J connectivity index is 1.55. The zero-order valence-electron chi connectivity index (χ0n) is 18.1. The van der Waals surface area contributed by atoms with Crippen LogP contribution in [0.25, 0.3) is 5.69 Å². The van der Waals surface area contributed by atoms with Gasteiger partial charge in [-0.15, -0.1) is 10.2 Å². The molecule has 0 aliphatic heterocycles. The number of carbonyl (C=O) groups excluding carboxylic acids is 1. The normalized spacial score (nSPS) is 10.8. The van der Waals surface area contributed by atoms with Crippen molar-refractivity contribution in [1.82, 2.24) is 20.1 Å². The van der Waals surface area contributed by atoms with Crippen LogP contribution in [-0.2, 0) is 12.3 Å². The number of nitrogens with one attached hydrogen (secondary N) is 2. The first-order valence-corrected chi connectivity index (χ1v) is 12.0. The smallest absolute Gasteiger partial charge is 0.319 e. The molecule has 0 aliphatic carbocycles. The molecule has 0 unspecified atom stereocenters. The van der Waals surface area contributed by atoms with E-state index >= 15 is 0 Å². The summed E-state index contributed by atoms with van der Waals surface area (Å²) in [4.78, 5) is 12.5. The van der Waals surface area contributed by atoms with Crippen LogP contribution in [0.2, 0.25) is 10.0 Å². The van der Waals surface area contributed by atoms with E-state index in [2.05, 4.69) is 20.8 Å². The number of nitrogens with zero attached hydrogens (tertiary/aromatic N) is 3. The summed E-state index contributed by atoms with van der Waals surface area (Å²) < 4.78 is 15.0. The maximum absolute atomic E-state index is 13.2. The molecule has 3 aromatic carbocycles. The van der Waals surface area contributed by atoms with Crippen molar-refractivity contribution in [2.45, 2.75) is 24.4 Å². The summed E-state index contributed by atoms with van der Waals surface area (Å²) in [6, 6.07) is 18.5. The molecule has 6 nitrogen and oxygen atoms in total. The molecule has 4 aromatic rings. The van der Waals surface area contributed by atoms with Gasteiger partial charge in [-0.3, -0.25) is 4.57 Å². The van der Waals surface area contributed by atoms with Crippen LogP contribution in [0.3, 0.4) is 0 Å². The number of amides is 2. The Morgan fingerprint density at radius 2 is 1.82 bits per heavy atom. The number of para-hydroxylation sites is 1. The van der Waals surface area contributed by atoms with Gasteiger partial charge in [0.25, 0.3) is 0 Å². The highest BCUT2D eigenvalue weighted by Crippen LogP contribution is 2.30. The van der Waals surface area contributed by atoms with Crippen LogP contribution < -0.4 is 10.6 Å². The molecule has 1 heterocycles. The lowest BCUT2D eigenvalue weighted by molar-refractivity contribution is 0.251. The van der Waals surface area contributed by atoms with Gasteiger partial charge < -0.3 is 10.6 Å². The van der Waals surface area contributed by atoms with Crippen LogP contribution in [0, 0.1) is 12.7 Å². The van der Waals surface area contributed by atoms with E-state index in [4.69, 9.17) is 23.2 Å². The number of hydrogen-bond donors (Lipinski definition) is 2. The largest absolute Gasteiger partial charge is 0.331 e. The Bertz CT molecular complexity index is 1310. The predicted molar refractivity (Wildman–Crippen MR) is 134 cm³/mol. The Labute approximate surface area is 210 Å². The number of carbonyl (C=O) groups is 1. The highest BCUT2D eigenvalue weighted by atomic mass is 35.5. The van der Waals surface area contributed by atoms with Gasteiger partial charge in [0.1, 0.15) is 5.82 Å². The standard InChI is InChI=1S/C24H20Cl2FN5OS/c1-15-4-2-3-5-20(15)29-23(33)28-13-22-30-31-24(34-14-16-6-9-18(27)10-7-16)32(22)21-11-8-17(25)12-19(21)26/h2-12H,13-14H2,1H3,(H2,28,29,33). The van der Waals surface area contributed by atoms with Gasteiger partial charge in [0, 0.05) is 16.5 Å². The summed E-state index contributed by atoms with van der Waals surface area (Å²) in [5.74, 6) is 0.748. The van der Waals surface area contributed by atoms with E-state index in [1.165, 1.54) is 23.9 Å². The van der Waals surface area contributed by atoms with E-state index in [1.807, 2.05) is 31.2 Å². The van der Waals surface area contributed by atoms with Crippen molar-refractivity contribution < 1.29 is 9.18 Å². The third-order valence-electron chi connectivity index (χ3n) is 4.93. The minimum Gasteiger partial charge on any atom is -0.331 e. The summed E-state index contributed by atoms with van der Waals surface area (Å²) >= 11 is 14.0. The fourth-order valence-corrected chi connectivity index (χ4v) is 4.59. The third-order valence-corrected chi connectivity index (χ3v) is 6.47. The third kappa shape index (κ3) is 5.88. The van der Waals surface area contributed by atoms with E-state index < -0.39 is 0 Å². The van der Waals surface area contributed by atoms with E-state index in [-0.39, 0.29) is 18.4 Å². The predicted octanol–water partition coefficient (Wildman–Crippen LogP) is 6.64. The van der Waals surface area contributed by atoms with Gasteiger partial charge in [0.05, 0.1) is 17.3 Å². The Hall–Kier alpha value is -3.07. The average Bonchev–Trinajstić information content (AvgIpc) is 3.21. The number of thioether (sulfide) groups is 1. The Morgan fingerprint density at radius 3 is 2.56 bits per heavy atom. The monoisotopic (exact) mass is 515 g/mol. The van der Waals surface area contributed by atoms with Crippen LogP contribution in [0.15, 0.2) is 71.9 Å². The average molecular weight is 516 g/mol. The Morgan fingerprint density at radius 1 is 1.06 bits per heavy atom. The second-order valence-electron chi connectivity index (χ2n) is 7.37. The number of rotatable bonds is 7. The molecule has 0 atom stereocenters. The van der Waals surface area contributed by atoms with Crippen molar-refractivity contribution >= 4 is 46.7 Å². The molecule has 0 radical (unpaired) electrons. The molecule has 10 heteroatoms. The number of anilines is 1. The minimum absolute atomic E-state index is 0.112. The van der Waals surface area contributed by atoms with Gasteiger partial charge in [-0.25, -0.2) is 9.18 Å². The van der Waals surface area contributed by atoms with Crippen molar-refractivity contribution in [3.05, 3.63) is 99.5 Å². The molecule has 0 aliphatic rings. The first-order valence-electron chi connectivity index (χ1n) is 10.3. The first-order chi connectivity index (χ1) is 16.4. The summed E-state index contributed by atoms with van der Waals surface area (Å²) in [5.41, 5.74) is 3.24. The summed E-state index contributed by atoms with van der Waals surface area (Å²) in [6.07, 6.45) is 0. The topological polar surface area (TPSA) is 71.8 Å². The second kappa shape index (κ2) is 10.9. The lowest BCUT2D eigenvalue weighted by Crippen LogP contribution is -2.29. The molecule has 0 saturated carbocycles. The van der Waals surface area contributed by atoms with E-state index in [9.17, 15) is 9.18 Å². The molecular formula is C24H20Cl2FN5OS. The molecule has 0 spiro atoms. The van der Waals surface area contributed by atoms with Crippen molar-refractivity contribution in [2.24, 2.45) is 0 Å². The zero-order valence-corrected chi connectivity index (χ0v) is 20.4. The molecule has 2 N–H and O–H groups in total. The molecule has 2 amide bonds. The fraction of sp³-hybridized carbons (Fsp3) is 0.125. The van der Waals surface area contributed by atoms with Crippen molar-refractivity contribution in [3.8, 4) is 5.69 Å². The van der Waals surface area contributed by atoms with E-state index in [1.54, 1.807) is 34.9 Å². The highest BCUT2D eigenvalue weighted by molar-refractivity contribution is 7.98. The fourth-order valence-electron chi connectivity index (χ4n) is 3.18. The molecule has 1 aromatic heterocycles. The summed E-state index contributed by atoms with van der Waals surface area (Å²) in [7, 11) is 0. The van der Waals surface area contributed by atoms with Crippen molar-refractivity contribution in [1.29, 1.82) is 0 Å². The Kier molecular flexibility index (Phi) is 7.72. The lowest BCUT2D eigenvalue weighted by atomic mass is 10.2. The highest BCUT2D eigenvalue weighted by Gasteiger charge is 2.18. The molecular weight excluding hydrogens is 496 g/mol. The van der Waals surface area contributed by atoms with E-state index in [0.717, 1.165) is 16.8 Å². The summed E-state index contributed by atoms with van der Waals surface area (Å²) in [5, 5.41) is 15.7. The second-order valence-corrected chi connectivity index (χ2v) is 9.15. The van der Waals surface area contributed by atoms with Gasteiger partial charge in [-0.1, -0.05) is 65.3 Å². The molecule has 4 rings (SSSR count). The summed E-state index contributed by atoms with van der Waals surface area (Å²) in [6.45, 7) is 2.03. The van der Waals surface area contributed by atoms with Crippen LogP contribution in [-0.4, -0.2) is 20.8 Å². The van der Waals surface area contributed by atoms with E-state index in [0.29, 0.717) is 32.5 Å². The van der Waals surface area contributed by atoms with Crippen LogP contribution in [0.5, 0.6) is 0 Å². The van der Waals surface area contributed by atoms with Gasteiger partial charge in [-0.2, -0.15) is 0 Å². The van der Waals surface area contributed by atoms with Gasteiger partial charge >= 0.3 is 6.03 Å². The maximum Gasteiger partial charge on any atom is 0.319 e. The molecule has 174 valence electrons. The van der Waals surface area contributed by atoms with Crippen LogP contribution in [0.1, 0.15) is 17.0 Å². The van der Waals surface area contributed by atoms with Crippen molar-refractivity contribution in [2.75, 3.05) is 5.32 Å². The first kappa shape index (κ1) is 24.1. The van der Waals surface area contributed by atoms with Crippen LogP contribution >= 0.6 is 35.0 Å². The zero-order chi connectivity index (χ0) is 24.1. The van der Waals surface area contributed by atoms with Crippen LogP contribution in [0.4, 0.5) is 14.9 Å². The molecule has 0 saturated heterocycles. The number of urea groups is 1. The minimum atomic E-state index is -0.369. The quantitative estimate of drug-likeness (QED) is 0.270. The molecule has 0 bridgehead atoms. The van der Waals surface area contributed by atoms with Crippen molar-refractivity contribution in [3.63, 3.8) is 0 Å². The number of aromatic nitrogens is 3. The molecule has 0 fully saturated rings. The van der Waals surface area contributed by atoms with Gasteiger partial charge in [0.15, 0.2) is 11.0 Å². The number of hydrogen-bond acceptors (Lipinski definition) is 4. The number of halogens is 3. The lowest BCUT2D eigenvalue weighted by Gasteiger charge is -2.13. The number of aryl methyl sites for hydroxylation is 1. The molecule has 34 heavy (non-hydrogen) atoms.